The molecule has 35 atom stereocenters. The van der Waals surface area contributed by atoms with Crippen LogP contribution in [0.5, 0.6) is 0 Å². The summed E-state index contributed by atoms with van der Waals surface area (Å²) in [5.41, 5.74) is -1.93. The van der Waals surface area contributed by atoms with Gasteiger partial charge in [0.25, 0.3) is 0 Å². The molecule has 0 aromatic heterocycles. The number of aliphatic hydroxyl groups is 15. The SMILES string of the molecule is C=C(C)C1CCC2(C(=O)OC3OC(OC4OC(CO)C(OC5OC(C)C(O)C(O)C5O)C(O)C4O)C(O)C(O)C3O)CCC3(C)C(CCC4C5(C)CCC(OC6OCC(O)C(O)C6OC6C(O)C(C)OC(O)C6O)C(C)(CO)C5CCC43C)C12. The van der Waals surface area contributed by atoms with Crippen LogP contribution in [0.15, 0.2) is 12.2 Å². The highest BCUT2D eigenvalue weighted by molar-refractivity contribution is 5.78. The van der Waals surface area contributed by atoms with E-state index in [1.54, 1.807) is 0 Å². The molecule has 84 heavy (non-hydrogen) atoms. The Balaban J connectivity index is 0.839. The smallest absolute Gasteiger partial charge is 0.314 e. The maximum Gasteiger partial charge on any atom is 0.314 e. The van der Waals surface area contributed by atoms with E-state index in [9.17, 15) is 76.6 Å². The third kappa shape index (κ3) is 10.5. The van der Waals surface area contributed by atoms with Crippen LogP contribution in [0.4, 0.5) is 0 Å². The maximum absolute atomic E-state index is 15.3. The van der Waals surface area contributed by atoms with Crippen LogP contribution in [0.1, 0.15) is 113 Å². The van der Waals surface area contributed by atoms with E-state index in [4.69, 9.17) is 47.4 Å². The molecule has 26 nitrogen and oxygen atoms in total. The monoisotopic (exact) mass is 1210 g/mol. The molecule has 482 valence electrons. The van der Waals surface area contributed by atoms with Gasteiger partial charge in [0.05, 0.1) is 43.5 Å². The van der Waals surface area contributed by atoms with Crippen LogP contribution in [-0.4, -0.2) is 256 Å². The quantitative estimate of drug-likeness (QED) is 0.0506. The van der Waals surface area contributed by atoms with Gasteiger partial charge in [0.2, 0.25) is 6.29 Å². The van der Waals surface area contributed by atoms with E-state index in [0.29, 0.717) is 44.9 Å². The third-order valence-electron chi connectivity index (χ3n) is 23.3. The lowest BCUT2D eigenvalue weighted by Gasteiger charge is -2.73. The molecule has 35 unspecified atom stereocenters. The van der Waals surface area contributed by atoms with Gasteiger partial charge in [-0.2, -0.15) is 0 Å². The first-order valence-electron chi connectivity index (χ1n) is 30.2. The number of hydrogen-bond donors (Lipinski definition) is 15. The first-order chi connectivity index (χ1) is 39.4. The highest BCUT2D eigenvalue weighted by Gasteiger charge is 2.73. The summed E-state index contributed by atoms with van der Waals surface area (Å²) < 4.78 is 58.9. The van der Waals surface area contributed by atoms with Gasteiger partial charge in [-0.05, 0) is 131 Å². The highest BCUT2D eigenvalue weighted by atomic mass is 16.8. The lowest BCUT2D eigenvalue weighted by Crippen LogP contribution is -2.68. The molecule has 5 saturated heterocycles. The largest absolute Gasteiger partial charge is 0.432 e. The predicted octanol–water partition coefficient (Wildman–Crippen LogP) is -2.73. The van der Waals surface area contributed by atoms with Crippen molar-refractivity contribution in [3.8, 4) is 0 Å². The van der Waals surface area contributed by atoms with Gasteiger partial charge in [-0.1, -0.05) is 39.8 Å². The van der Waals surface area contributed by atoms with Crippen molar-refractivity contribution in [3.05, 3.63) is 12.2 Å². The van der Waals surface area contributed by atoms with Crippen LogP contribution >= 0.6 is 0 Å². The fourth-order valence-electron chi connectivity index (χ4n) is 18.3. The van der Waals surface area contributed by atoms with Crippen molar-refractivity contribution >= 4 is 5.97 Å². The molecule has 5 heterocycles. The summed E-state index contributed by atoms with van der Waals surface area (Å²) in [5, 5.41) is 163. The Bertz CT molecular complexity index is 2310. The number of rotatable bonds is 13. The number of ether oxygens (including phenoxy) is 10. The van der Waals surface area contributed by atoms with Crippen molar-refractivity contribution in [2.24, 2.45) is 56.7 Å². The van der Waals surface area contributed by atoms with Crippen molar-refractivity contribution in [2.75, 3.05) is 19.8 Å². The normalized spacial score (nSPS) is 56.8. The number of carbonyl (C=O) groups excluding carboxylic acids is 1. The molecule has 0 aromatic rings. The molecule has 10 fully saturated rings. The Kier molecular flexibility index (Phi) is 18.7. The van der Waals surface area contributed by atoms with E-state index >= 15 is 4.79 Å². The Morgan fingerprint density at radius 2 is 1.17 bits per heavy atom. The van der Waals surface area contributed by atoms with E-state index in [2.05, 4.69) is 27.4 Å². The Hall–Kier alpha value is -1.75. The van der Waals surface area contributed by atoms with E-state index in [1.807, 2.05) is 13.8 Å². The second-order valence-corrected chi connectivity index (χ2v) is 27.6. The van der Waals surface area contributed by atoms with Crippen LogP contribution in [0.25, 0.3) is 0 Å². The van der Waals surface area contributed by atoms with Crippen LogP contribution in [0, 0.1) is 56.7 Å². The molecule has 15 N–H and O–H groups in total. The summed E-state index contributed by atoms with van der Waals surface area (Å²) in [6.45, 7) is 17.0. The minimum absolute atomic E-state index is 0.00958. The highest BCUT2D eigenvalue weighted by Crippen LogP contribution is 2.78. The molecule has 5 aliphatic carbocycles. The fraction of sp³-hybridized carbons (Fsp3) is 0.948. The summed E-state index contributed by atoms with van der Waals surface area (Å²) in [6.07, 6.45) is -33.6. The zero-order chi connectivity index (χ0) is 61.2. The van der Waals surface area contributed by atoms with Crippen molar-refractivity contribution in [1.82, 2.24) is 0 Å². The predicted molar refractivity (Wildman–Crippen MR) is 283 cm³/mol. The molecular formula is C58H94O26. The number of allylic oxidation sites excluding steroid dienone is 1. The van der Waals surface area contributed by atoms with Gasteiger partial charge in [-0.25, -0.2) is 0 Å². The van der Waals surface area contributed by atoms with Crippen molar-refractivity contribution in [3.63, 3.8) is 0 Å². The summed E-state index contributed by atoms with van der Waals surface area (Å²) in [5.74, 6) is -0.932. The standard InChI is InChI=1S/C58H94O26/c1-22(2)25-11-16-58(53(74)84-51-41(70)37(66)40(69)50(83-51)82-49-42(71)38(67)44(28(19-59)78-49)81-48-39(68)36(65)33(62)23(3)77-48)18-17-56(7)26(32(25)58)9-10-30-54(5)14-13-31(55(6,21-60)29(54)12-15-57(30,56)8)79-52-46(35(64)27(61)20-75-52)80-45-34(63)24(4)76-47(73)43(45)72/h23-52,59-73H,1,9-21H2,2-8H3. The Labute approximate surface area is 488 Å². The van der Waals surface area contributed by atoms with Gasteiger partial charge >= 0.3 is 5.97 Å². The number of esters is 1. The minimum atomic E-state index is -2.03. The van der Waals surface area contributed by atoms with E-state index < -0.39 is 177 Å². The van der Waals surface area contributed by atoms with Crippen LogP contribution < -0.4 is 0 Å². The molecule has 0 radical (unpaired) electrons. The Morgan fingerprint density at radius 1 is 0.536 bits per heavy atom. The molecule has 10 rings (SSSR count). The van der Waals surface area contributed by atoms with E-state index in [0.717, 1.165) is 24.8 Å². The summed E-state index contributed by atoms with van der Waals surface area (Å²) >= 11 is 0. The average Bonchev–Trinajstić information content (AvgIpc) is 1.04. The molecule has 26 heteroatoms. The fourth-order valence-corrected chi connectivity index (χ4v) is 18.3. The van der Waals surface area contributed by atoms with Crippen molar-refractivity contribution in [1.29, 1.82) is 0 Å². The molecule has 10 aliphatic rings. The van der Waals surface area contributed by atoms with Gasteiger partial charge in [0, 0.05) is 5.41 Å². The summed E-state index contributed by atoms with van der Waals surface area (Å²) in [4.78, 5) is 15.3. The zero-order valence-electron chi connectivity index (χ0n) is 48.9. The average molecular weight is 1210 g/mol. The van der Waals surface area contributed by atoms with E-state index in [1.165, 1.54) is 13.8 Å². The lowest BCUT2D eigenvalue weighted by molar-refractivity contribution is -0.404. The second-order valence-electron chi connectivity index (χ2n) is 27.6. The van der Waals surface area contributed by atoms with Gasteiger partial charge < -0.3 is 124 Å². The Morgan fingerprint density at radius 3 is 1.83 bits per heavy atom. The molecule has 0 aromatic carbocycles. The van der Waals surface area contributed by atoms with Gasteiger partial charge in [0.1, 0.15) is 97.7 Å². The molecule has 0 spiro atoms. The molecular weight excluding hydrogens is 1110 g/mol. The first kappa shape index (κ1) is 65.2. The molecule has 0 amide bonds. The van der Waals surface area contributed by atoms with Gasteiger partial charge in [0.15, 0.2) is 31.5 Å². The summed E-state index contributed by atoms with van der Waals surface area (Å²) in [6, 6.07) is 0. The van der Waals surface area contributed by atoms with Crippen molar-refractivity contribution < 1.29 is 129 Å². The third-order valence-corrected chi connectivity index (χ3v) is 23.3. The number of fused-ring (bicyclic) bond motifs is 7. The number of hydrogen-bond acceptors (Lipinski definition) is 26. The zero-order valence-corrected chi connectivity index (χ0v) is 48.9. The van der Waals surface area contributed by atoms with Gasteiger partial charge in [-0.3, -0.25) is 4.79 Å². The van der Waals surface area contributed by atoms with Crippen LogP contribution in [0.2, 0.25) is 0 Å². The molecule has 0 bridgehead atoms. The maximum atomic E-state index is 15.3. The minimum Gasteiger partial charge on any atom is -0.432 e. The van der Waals surface area contributed by atoms with Gasteiger partial charge in [-0.15, -0.1) is 0 Å². The number of carbonyl (C=O) groups is 1. The second kappa shape index (κ2) is 24.1. The first-order valence-corrected chi connectivity index (χ1v) is 30.2. The lowest BCUT2D eigenvalue weighted by atomic mass is 9.32. The van der Waals surface area contributed by atoms with Crippen LogP contribution in [0.3, 0.4) is 0 Å². The molecule has 5 saturated carbocycles. The number of aliphatic hydroxyl groups excluding tert-OH is 15. The van der Waals surface area contributed by atoms with Crippen LogP contribution in [-0.2, 0) is 52.2 Å². The topological polar surface area (TPSA) is 413 Å². The van der Waals surface area contributed by atoms with Crippen molar-refractivity contribution in [2.45, 2.75) is 266 Å². The molecule has 5 aliphatic heterocycles. The summed E-state index contributed by atoms with van der Waals surface area (Å²) in [7, 11) is 0. The van der Waals surface area contributed by atoms with E-state index in [-0.39, 0.29) is 59.0 Å².